The molecule has 8 nitrogen and oxygen atoms in total. The number of amides is 2. The SMILES string of the molecule is CC(C)(C)OC(=O)NC[C@@H]1C[C@H](C(=O)O)CCN1C(=O)OCC1c2ccccc2-c2ccccc21. The lowest BCUT2D eigenvalue weighted by Crippen LogP contribution is -2.52. The summed E-state index contributed by atoms with van der Waals surface area (Å²) in [7, 11) is 0. The van der Waals surface area contributed by atoms with Crippen molar-refractivity contribution in [3.05, 3.63) is 59.7 Å². The molecule has 0 aromatic heterocycles. The van der Waals surface area contributed by atoms with Gasteiger partial charge in [-0.15, -0.1) is 0 Å². The Hall–Kier alpha value is -3.55. The number of nitrogens with zero attached hydrogens (tertiary/aromatic N) is 1. The first kappa shape index (κ1) is 24.6. The summed E-state index contributed by atoms with van der Waals surface area (Å²) in [5.74, 6) is -1.56. The molecule has 8 heteroatoms. The highest BCUT2D eigenvalue weighted by Crippen LogP contribution is 2.44. The van der Waals surface area contributed by atoms with E-state index in [0.717, 1.165) is 22.3 Å². The summed E-state index contributed by atoms with van der Waals surface area (Å²) >= 11 is 0. The molecule has 2 N–H and O–H groups in total. The first-order chi connectivity index (χ1) is 16.6. The third-order valence-corrected chi connectivity index (χ3v) is 6.52. The fraction of sp³-hybridized carbons (Fsp3) is 0.444. The molecule has 186 valence electrons. The van der Waals surface area contributed by atoms with Crippen LogP contribution in [0, 0.1) is 5.92 Å². The number of ether oxygens (including phenoxy) is 2. The van der Waals surface area contributed by atoms with E-state index in [1.807, 2.05) is 24.3 Å². The van der Waals surface area contributed by atoms with E-state index >= 15 is 0 Å². The Balaban J connectivity index is 1.44. The van der Waals surface area contributed by atoms with Crippen LogP contribution in [0.5, 0.6) is 0 Å². The van der Waals surface area contributed by atoms with Crippen LogP contribution < -0.4 is 5.32 Å². The number of hydrogen-bond acceptors (Lipinski definition) is 5. The molecule has 35 heavy (non-hydrogen) atoms. The Bertz CT molecular complexity index is 1060. The van der Waals surface area contributed by atoms with Gasteiger partial charge in [0.15, 0.2) is 0 Å². The number of carbonyl (C=O) groups excluding carboxylic acids is 2. The monoisotopic (exact) mass is 480 g/mol. The Morgan fingerprint density at radius 1 is 1.03 bits per heavy atom. The molecule has 2 aliphatic rings. The molecule has 0 radical (unpaired) electrons. The van der Waals surface area contributed by atoms with Crippen molar-refractivity contribution in [2.75, 3.05) is 19.7 Å². The molecule has 1 saturated heterocycles. The van der Waals surface area contributed by atoms with Gasteiger partial charge in [-0.3, -0.25) is 4.79 Å². The van der Waals surface area contributed by atoms with Gasteiger partial charge in [-0.25, -0.2) is 9.59 Å². The van der Waals surface area contributed by atoms with E-state index in [1.165, 1.54) is 4.90 Å². The van der Waals surface area contributed by atoms with Crippen LogP contribution in [0.3, 0.4) is 0 Å². The second-order valence-corrected chi connectivity index (χ2v) is 10.1. The van der Waals surface area contributed by atoms with E-state index in [-0.39, 0.29) is 32.0 Å². The second kappa shape index (κ2) is 9.98. The predicted molar refractivity (Wildman–Crippen MR) is 130 cm³/mol. The number of rotatable bonds is 5. The summed E-state index contributed by atoms with van der Waals surface area (Å²) in [6.07, 6.45) is -0.549. The first-order valence-electron chi connectivity index (χ1n) is 12.0. The quantitative estimate of drug-likeness (QED) is 0.647. The second-order valence-electron chi connectivity index (χ2n) is 10.1. The van der Waals surface area contributed by atoms with E-state index in [2.05, 4.69) is 29.6 Å². The maximum Gasteiger partial charge on any atom is 0.410 e. The van der Waals surface area contributed by atoms with Crippen LogP contribution in [0.1, 0.15) is 50.7 Å². The lowest BCUT2D eigenvalue weighted by atomic mass is 9.91. The highest BCUT2D eigenvalue weighted by atomic mass is 16.6. The predicted octanol–water partition coefficient (Wildman–Crippen LogP) is 4.63. The molecule has 1 fully saturated rings. The summed E-state index contributed by atoms with van der Waals surface area (Å²) in [4.78, 5) is 38.4. The number of nitrogens with one attached hydrogen (secondary N) is 1. The van der Waals surface area contributed by atoms with Gasteiger partial charge in [0.05, 0.1) is 12.0 Å². The van der Waals surface area contributed by atoms with Crippen molar-refractivity contribution >= 4 is 18.2 Å². The van der Waals surface area contributed by atoms with Crippen molar-refractivity contribution in [3.63, 3.8) is 0 Å². The van der Waals surface area contributed by atoms with E-state index in [4.69, 9.17) is 9.47 Å². The number of aliphatic carboxylic acids is 1. The van der Waals surface area contributed by atoms with Crippen LogP contribution in [-0.2, 0) is 14.3 Å². The van der Waals surface area contributed by atoms with Crippen LogP contribution in [-0.4, -0.2) is 59.5 Å². The normalized spacial score (nSPS) is 19.5. The molecule has 2 atom stereocenters. The van der Waals surface area contributed by atoms with Crippen molar-refractivity contribution < 1.29 is 29.0 Å². The summed E-state index contributed by atoms with van der Waals surface area (Å²) in [5.41, 5.74) is 3.87. The highest BCUT2D eigenvalue weighted by Gasteiger charge is 2.37. The van der Waals surface area contributed by atoms with Crippen LogP contribution in [0.2, 0.25) is 0 Å². The third kappa shape index (κ3) is 5.58. The molecule has 2 amide bonds. The van der Waals surface area contributed by atoms with Gasteiger partial charge in [0, 0.05) is 19.0 Å². The van der Waals surface area contributed by atoms with Gasteiger partial charge in [0.1, 0.15) is 12.2 Å². The van der Waals surface area contributed by atoms with Gasteiger partial charge in [0.25, 0.3) is 0 Å². The number of carboxylic acid groups (broad SMARTS) is 1. The number of likely N-dealkylation sites (tertiary alicyclic amines) is 1. The molecule has 0 saturated carbocycles. The maximum absolute atomic E-state index is 13.2. The summed E-state index contributed by atoms with van der Waals surface area (Å²) in [6, 6.07) is 15.7. The molecular formula is C27H32N2O6. The zero-order valence-electron chi connectivity index (χ0n) is 20.3. The lowest BCUT2D eigenvalue weighted by Gasteiger charge is -2.37. The summed E-state index contributed by atoms with van der Waals surface area (Å²) in [6.45, 7) is 5.79. The molecule has 0 unspecified atom stereocenters. The maximum atomic E-state index is 13.2. The third-order valence-electron chi connectivity index (χ3n) is 6.52. The Morgan fingerprint density at radius 2 is 1.63 bits per heavy atom. The van der Waals surface area contributed by atoms with Gasteiger partial charge in [-0.2, -0.15) is 0 Å². The van der Waals surface area contributed by atoms with Gasteiger partial charge >= 0.3 is 18.2 Å². The number of hydrogen-bond donors (Lipinski definition) is 2. The largest absolute Gasteiger partial charge is 0.481 e. The standard InChI is InChI=1S/C27H32N2O6/c1-27(2,3)35-25(32)28-15-18-14-17(24(30)31)12-13-29(18)26(33)34-16-23-21-10-6-4-8-19(21)20-9-5-7-11-22(20)23/h4-11,17-18,23H,12-16H2,1-3H3,(H,28,32)(H,30,31)/t17-,18+/m1/s1. The average molecular weight is 481 g/mol. The zero-order valence-corrected chi connectivity index (χ0v) is 20.3. The molecule has 4 rings (SSSR count). The van der Waals surface area contributed by atoms with Crippen molar-refractivity contribution in [2.45, 2.75) is 51.2 Å². The molecule has 1 heterocycles. The minimum Gasteiger partial charge on any atom is -0.481 e. The van der Waals surface area contributed by atoms with E-state index < -0.39 is 35.7 Å². The molecule has 1 aliphatic carbocycles. The smallest absolute Gasteiger partial charge is 0.410 e. The number of alkyl carbamates (subject to hydrolysis) is 1. The average Bonchev–Trinajstić information content (AvgIpc) is 3.13. The Labute approximate surface area is 205 Å². The Kier molecular flexibility index (Phi) is 7.00. The topological polar surface area (TPSA) is 105 Å². The van der Waals surface area contributed by atoms with Crippen molar-refractivity contribution in [3.8, 4) is 11.1 Å². The number of carbonyl (C=O) groups is 3. The minimum absolute atomic E-state index is 0.0683. The van der Waals surface area contributed by atoms with Crippen LogP contribution >= 0.6 is 0 Å². The van der Waals surface area contributed by atoms with Crippen LogP contribution in [0.4, 0.5) is 9.59 Å². The molecular weight excluding hydrogens is 448 g/mol. The lowest BCUT2D eigenvalue weighted by molar-refractivity contribution is -0.143. The van der Waals surface area contributed by atoms with Crippen molar-refractivity contribution in [2.24, 2.45) is 5.92 Å². The fourth-order valence-electron chi connectivity index (χ4n) is 4.90. The van der Waals surface area contributed by atoms with Crippen molar-refractivity contribution in [1.29, 1.82) is 0 Å². The molecule has 0 bridgehead atoms. The summed E-state index contributed by atoms with van der Waals surface area (Å²) < 4.78 is 11.1. The van der Waals surface area contributed by atoms with Gasteiger partial charge in [-0.1, -0.05) is 48.5 Å². The molecule has 2 aromatic carbocycles. The van der Waals surface area contributed by atoms with Gasteiger partial charge in [0.2, 0.25) is 0 Å². The number of carboxylic acids is 1. The van der Waals surface area contributed by atoms with E-state index in [9.17, 15) is 19.5 Å². The van der Waals surface area contributed by atoms with E-state index in [1.54, 1.807) is 20.8 Å². The van der Waals surface area contributed by atoms with Gasteiger partial charge < -0.3 is 24.8 Å². The van der Waals surface area contributed by atoms with Crippen LogP contribution in [0.15, 0.2) is 48.5 Å². The molecule has 1 aliphatic heterocycles. The van der Waals surface area contributed by atoms with Crippen molar-refractivity contribution in [1.82, 2.24) is 10.2 Å². The number of benzene rings is 2. The number of piperidine rings is 1. The highest BCUT2D eigenvalue weighted by molar-refractivity contribution is 5.79. The summed E-state index contributed by atoms with van der Waals surface area (Å²) in [5, 5.41) is 12.2. The number of fused-ring (bicyclic) bond motifs is 3. The van der Waals surface area contributed by atoms with E-state index in [0.29, 0.717) is 6.42 Å². The minimum atomic E-state index is -0.903. The zero-order chi connectivity index (χ0) is 25.2. The Morgan fingerprint density at radius 3 is 2.20 bits per heavy atom. The molecule has 0 spiro atoms. The molecule has 2 aromatic rings. The van der Waals surface area contributed by atoms with Crippen LogP contribution in [0.25, 0.3) is 11.1 Å². The van der Waals surface area contributed by atoms with Gasteiger partial charge in [-0.05, 0) is 55.9 Å². The first-order valence-corrected chi connectivity index (χ1v) is 12.0. The fourth-order valence-corrected chi connectivity index (χ4v) is 4.90.